The zero-order valence-electron chi connectivity index (χ0n) is 14.6. The van der Waals surface area contributed by atoms with E-state index in [1.165, 1.54) is 4.68 Å². The number of aryl methyl sites for hydroxylation is 3. The largest absolute Gasteiger partial charge is 0.346 e. The molecule has 3 rings (SSSR count). The highest BCUT2D eigenvalue weighted by atomic mass is 16.2. The molecule has 0 saturated heterocycles. The topological polar surface area (TPSA) is 60.1 Å². The molecule has 24 heavy (non-hydrogen) atoms. The molecule has 6 nitrogen and oxygen atoms in total. The summed E-state index contributed by atoms with van der Waals surface area (Å²) in [5, 5.41) is 4.38. The monoisotopic (exact) mass is 328 g/mol. The van der Waals surface area contributed by atoms with Crippen LogP contribution >= 0.6 is 0 Å². The highest BCUT2D eigenvalue weighted by molar-refractivity contribution is 5.93. The van der Waals surface area contributed by atoms with Gasteiger partial charge in [0.25, 0.3) is 0 Å². The van der Waals surface area contributed by atoms with Crippen LogP contribution < -0.4 is 10.6 Å². The Kier molecular flexibility index (Phi) is 4.55. The van der Waals surface area contributed by atoms with Crippen molar-refractivity contribution in [2.75, 3.05) is 11.9 Å². The predicted molar refractivity (Wildman–Crippen MR) is 93.4 cm³/mol. The first-order chi connectivity index (χ1) is 11.5. The lowest BCUT2D eigenvalue weighted by Gasteiger charge is -2.19. The number of amides is 1. The van der Waals surface area contributed by atoms with Crippen molar-refractivity contribution in [2.24, 2.45) is 0 Å². The van der Waals surface area contributed by atoms with Crippen LogP contribution in [0.3, 0.4) is 0 Å². The van der Waals surface area contributed by atoms with Crippen molar-refractivity contribution in [3.05, 3.63) is 45.6 Å². The van der Waals surface area contributed by atoms with Crippen molar-refractivity contribution in [3.8, 4) is 0 Å². The summed E-state index contributed by atoms with van der Waals surface area (Å²) in [6.45, 7) is 4.69. The van der Waals surface area contributed by atoms with E-state index in [2.05, 4.69) is 5.10 Å². The highest BCUT2D eigenvalue weighted by Gasteiger charge is 2.19. The molecule has 1 aliphatic rings. The number of hydrogen-bond donors (Lipinski definition) is 0. The van der Waals surface area contributed by atoms with Crippen molar-refractivity contribution in [1.29, 1.82) is 0 Å². The summed E-state index contributed by atoms with van der Waals surface area (Å²) in [6.07, 6.45) is 3.97. The lowest BCUT2D eigenvalue weighted by Crippen LogP contribution is -2.35. The molecule has 0 aliphatic carbocycles. The maximum Gasteiger partial charge on any atom is 0.346 e. The Bertz CT molecular complexity index is 819. The molecule has 2 aromatic rings. The zero-order valence-corrected chi connectivity index (χ0v) is 14.6. The van der Waals surface area contributed by atoms with E-state index in [0.717, 1.165) is 48.3 Å². The van der Waals surface area contributed by atoms with Crippen LogP contribution in [-0.2, 0) is 24.3 Å². The predicted octanol–water partition coefficient (Wildman–Crippen LogP) is 2.05. The summed E-state index contributed by atoms with van der Waals surface area (Å²) in [4.78, 5) is 26.7. The average Bonchev–Trinajstić information content (AvgIpc) is 2.72. The number of anilines is 1. The Morgan fingerprint density at radius 3 is 2.79 bits per heavy atom. The Labute approximate surface area is 141 Å². The second-order valence-electron chi connectivity index (χ2n) is 6.56. The second-order valence-corrected chi connectivity index (χ2v) is 6.56. The molecule has 1 aromatic carbocycles. The Hall–Kier alpha value is -2.37. The van der Waals surface area contributed by atoms with Gasteiger partial charge in [0.15, 0.2) is 0 Å². The van der Waals surface area contributed by atoms with Crippen molar-refractivity contribution in [1.82, 2.24) is 14.3 Å². The van der Waals surface area contributed by atoms with Crippen molar-refractivity contribution in [2.45, 2.75) is 52.6 Å². The van der Waals surface area contributed by atoms with Crippen LogP contribution in [-0.4, -0.2) is 27.3 Å². The number of fused-ring (bicyclic) bond motifs is 1. The van der Waals surface area contributed by atoms with E-state index in [9.17, 15) is 9.59 Å². The number of likely N-dealkylation sites (N-methyl/N-ethyl adjacent to an activating group) is 1. The Morgan fingerprint density at radius 1 is 1.25 bits per heavy atom. The van der Waals surface area contributed by atoms with Gasteiger partial charge in [-0.2, -0.15) is 5.10 Å². The van der Waals surface area contributed by atoms with Crippen LogP contribution in [0.4, 0.5) is 5.69 Å². The van der Waals surface area contributed by atoms with E-state index in [0.29, 0.717) is 6.54 Å². The number of hydrogen-bond acceptors (Lipinski definition) is 3. The van der Waals surface area contributed by atoms with Gasteiger partial charge in [0.2, 0.25) is 5.91 Å². The first-order valence-electron chi connectivity index (χ1n) is 8.47. The van der Waals surface area contributed by atoms with Gasteiger partial charge in [0.1, 0.15) is 12.4 Å². The lowest BCUT2D eigenvalue weighted by atomic mass is 10.1. The SMILES string of the molecule is Cc1ccc(N(C)C(=O)Cn2nc3n(c2=O)CCCCC3)c(C)c1. The van der Waals surface area contributed by atoms with Crippen LogP contribution in [0.2, 0.25) is 0 Å². The molecule has 1 amide bonds. The fourth-order valence-electron chi connectivity index (χ4n) is 3.28. The zero-order chi connectivity index (χ0) is 17.3. The fourth-order valence-corrected chi connectivity index (χ4v) is 3.28. The van der Waals surface area contributed by atoms with E-state index in [4.69, 9.17) is 0 Å². The van der Waals surface area contributed by atoms with E-state index in [-0.39, 0.29) is 18.1 Å². The van der Waals surface area contributed by atoms with Gasteiger partial charge in [-0.1, -0.05) is 24.1 Å². The summed E-state index contributed by atoms with van der Waals surface area (Å²) in [5.41, 5.74) is 2.89. The summed E-state index contributed by atoms with van der Waals surface area (Å²) in [6, 6.07) is 5.97. The van der Waals surface area contributed by atoms with Gasteiger partial charge in [-0.25, -0.2) is 9.48 Å². The fraction of sp³-hybridized carbons (Fsp3) is 0.500. The van der Waals surface area contributed by atoms with Gasteiger partial charge >= 0.3 is 5.69 Å². The average molecular weight is 328 g/mol. The minimum Gasteiger partial charge on any atom is -0.314 e. The number of aromatic nitrogens is 3. The third-order valence-electron chi connectivity index (χ3n) is 4.65. The summed E-state index contributed by atoms with van der Waals surface area (Å²) in [5.74, 6) is 0.664. The molecule has 1 aliphatic heterocycles. The minimum absolute atomic E-state index is 0.0251. The van der Waals surface area contributed by atoms with Crippen LogP contribution in [0.1, 0.15) is 36.2 Å². The van der Waals surface area contributed by atoms with Crippen LogP contribution in [0.25, 0.3) is 0 Å². The lowest BCUT2D eigenvalue weighted by molar-refractivity contribution is -0.119. The van der Waals surface area contributed by atoms with Crippen molar-refractivity contribution >= 4 is 11.6 Å². The van der Waals surface area contributed by atoms with Gasteiger partial charge in [0.05, 0.1) is 0 Å². The van der Waals surface area contributed by atoms with E-state index in [1.54, 1.807) is 16.5 Å². The van der Waals surface area contributed by atoms with Gasteiger partial charge in [-0.3, -0.25) is 9.36 Å². The standard InChI is InChI=1S/C18H24N4O2/c1-13-8-9-15(14(2)11-13)20(3)17(23)12-22-18(24)21-10-6-4-5-7-16(21)19-22/h8-9,11H,4-7,10,12H2,1-3H3. The first kappa shape index (κ1) is 16.5. The third-order valence-corrected chi connectivity index (χ3v) is 4.65. The molecule has 6 heteroatoms. The molecule has 0 unspecified atom stereocenters. The first-order valence-corrected chi connectivity index (χ1v) is 8.47. The van der Waals surface area contributed by atoms with Crippen molar-refractivity contribution in [3.63, 3.8) is 0 Å². The van der Waals surface area contributed by atoms with Crippen LogP contribution in [0.5, 0.6) is 0 Å². The quantitative estimate of drug-likeness (QED) is 0.866. The van der Waals surface area contributed by atoms with E-state index < -0.39 is 0 Å². The van der Waals surface area contributed by atoms with Gasteiger partial charge in [-0.15, -0.1) is 0 Å². The van der Waals surface area contributed by atoms with Crippen LogP contribution in [0.15, 0.2) is 23.0 Å². The summed E-state index contributed by atoms with van der Waals surface area (Å²) < 4.78 is 3.03. The molecule has 0 saturated carbocycles. The molecule has 0 fully saturated rings. The maximum atomic E-state index is 12.6. The van der Waals surface area contributed by atoms with E-state index in [1.807, 2.05) is 32.0 Å². The molecule has 0 N–H and O–H groups in total. The molecule has 0 bridgehead atoms. The van der Waals surface area contributed by atoms with Crippen LogP contribution in [0, 0.1) is 13.8 Å². The Morgan fingerprint density at radius 2 is 2.04 bits per heavy atom. The molecular weight excluding hydrogens is 304 g/mol. The Balaban J connectivity index is 1.81. The molecule has 1 aromatic heterocycles. The van der Waals surface area contributed by atoms with Gasteiger partial charge < -0.3 is 4.90 Å². The number of carbonyl (C=O) groups is 1. The second kappa shape index (κ2) is 6.63. The normalized spacial score (nSPS) is 14.1. The molecule has 0 atom stereocenters. The smallest absolute Gasteiger partial charge is 0.314 e. The number of nitrogens with zero attached hydrogens (tertiary/aromatic N) is 4. The summed E-state index contributed by atoms with van der Waals surface area (Å²) in [7, 11) is 1.74. The van der Waals surface area contributed by atoms with Gasteiger partial charge in [0, 0.05) is 25.7 Å². The molecule has 128 valence electrons. The number of benzene rings is 1. The van der Waals surface area contributed by atoms with Gasteiger partial charge in [-0.05, 0) is 38.3 Å². The molecule has 2 heterocycles. The maximum absolute atomic E-state index is 12.6. The molecule has 0 radical (unpaired) electrons. The number of rotatable bonds is 3. The third kappa shape index (κ3) is 3.13. The number of carbonyl (C=O) groups excluding carboxylic acids is 1. The van der Waals surface area contributed by atoms with E-state index >= 15 is 0 Å². The molecule has 0 spiro atoms. The molecular formula is C18H24N4O2. The highest BCUT2D eigenvalue weighted by Crippen LogP contribution is 2.20. The minimum atomic E-state index is -0.172. The summed E-state index contributed by atoms with van der Waals surface area (Å²) >= 11 is 0. The van der Waals surface area contributed by atoms with Crippen molar-refractivity contribution < 1.29 is 4.79 Å².